The second-order valence-electron chi connectivity index (χ2n) is 4.37. The summed E-state index contributed by atoms with van der Waals surface area (Å²) in [6, 6.07) is 8.09. The Morgan fingerprint density at radius 3 is 2.94 bits per heavy atom. The van der Waals surface area contributed by atoms with Crippen molar-refractivity contribution in [1.82, 2.24) is 10.3 Å². The summed E-state index contributed by atoms with van der Waals surface area (Å²) < 4.78 is 5.70. The standard InChI is InChI=1S/C14H18N2OS/c1-10(2)17-13-6-4-5-11(7-13)14-16-12(8-15-3)9-18-14/h4-7,9-10,15H,8H2,1-3H3. The van der Waals surface area contributed by atoms with Gasteiger partial charge in [-0.05, 0) is 33.0 Å². The summed E-state index contributed by atoms with van der Waals surface area (Å²) in [7, 11) is 1.93. The fraction of sp³-hybridized carbons (Fsp3) is 0.357. The smallest absolute Gasteiger partial charge is 0.123 e. The van der Waals surface area contributed by atoms with Crippen molar-refractivity contribution in [3.8, 4) is 16.3 Å². The molecular weight excluding hydrogens is 244 g/mol. The lowest BCUT2D eigenvalue weighted by Crippen LogP contribution is -2.05. The van der Waals surface area contributed by atoms with Gasteiger partial charge in [0.25, 0.3) is 0 Å². The summed E-state index contributed by atoms with van der Waals surface area (Å²) >= 11 is 1.66. The Kier molecular flexibility index (Phi) is 4.33. The third-order valence-electron chi connectivity index (χ3n) is 2.36. The van der Waals surface area contributed by atoms with Crippen LogP contribution in [0, 0.1) is 0 Å². The van der Waals surface area contributed by atoms with Crippen LogP contribution in [-0.2, 0) is 6.54 Å². The Balaban J connectivity index is 2.21. The molecule has 1 N–H and O–H groups in total. The number of benzene rings is 1. The number of aromatic nitrogens is 1. The van der Waals surface area contributed by atoms with Crippen LogP contribution in [0.3, 0.4) is 0 Å². The Bertz CT molecular complexity index is 508. The maximum atomic E-state index is 5.70. The van der Waals surface area contributed by atoms with Gasteiger partial charge in [-0.2, -0.15) is 0 Å². The third-order valence-corrected chi connectivity index (χ3v) is 3.30. The molecule has 0 fully saturated rings. The van der Waals surface area contributed by atoms with Crippen molar-refractivity contribution < 1.29 is 4.74 Å². The fourth-order valence-corrected chi connectivity index (χ4v) is 2.49. The molecule has 96 valence electrons. The highest BCUT2D eigenvalue weighted by Crippen LogP contribution is 2.27. The first-order chi connectivity index (χ1) is 8.69. The van der Waals surface area contributed by atoms with Crippen LogP contribution in [0.5, 0.6) is 5.75 Å². The van der Waals surface area contributed by atoms with Crippen molar-refractivity contribution >= 4 is 11.3 Å². The minimum absolute atomic E-state index is 0.191. The van der Waals surface area contributed by atoms with Crippen molar-refractivity contribution in [2.45, 2.75) is 26.5 Å². The van der Waals surface area contributed by atoms with Gasteiger partial charge in [0.15, 0.2) is 0 Å². The zero-order valence-electron chi connectivity index (χ0n) is 10.9. The molecule has 1 heterocycles. The summed E-state index contributed by atoms with van der Waals surface area (Å²) in [4.78, 5) is 4.59. The minimum Gasteiger partial charge on any atom is -0.491 e. The molecule has 0 saturated heterocycles. The molecule has 0 saturated carbocycles. The highest BCUT2D eigenvalue weighted by molar-refractivity contribution is 7.13. The quantitative estimate of drug-likeness (QED) is 0.897. The number of ether oxygens (including phenoxy) is 1. The molecule has 0 aliphatic carbocycles. The SMILES string of the molecule is CNCc1csc(-c2cccc(OC(C)C)c2)n1. The summed E-state index contributed by atoms with van der Waals surface area (Å²) in [5.74, 6) is 0.896. The van der Waals surface area contributed by atoms with Gasteiger partial charge in [0, 0.05) is 17.5 Å². The summed E-state index contributed by atoms with van der Waals surface area (Å²) in [5, 5.41) is 6.23. The molecule has 0 aliphatic heterocycles. The second-order valence-corrected chi connectivity index (χ2v) is 5.23. The first kappa shape index (κ1) is 13.1. The molecule has 4 heteroatoms. The number of nitrogens with zero attached hydrogens (tertiary/aromatic N) is 1. The van der Waals surface area contributed by atoms with E-state index in [9.17, 15) is 0 Å². The molecule has 2 aromatic rings. The van der Waals surface area contributed by atoms with Gasteiger partial charge in [-0.1, -0.05) is 12.1 Å². The predicted molar refractivity (Wildman–Crippen MR) is 76.1 cm³/mol. The van der Waals surface area contributed by atoms with Crippen molar-refractivity contribution in [2.24, 2.45) is 0 Å². The molecule has 0 radical (unpaired) electrons. The van der Waals surface area contributed by atoms with E-state index in [-0.39, 0.29) is 6.10 Å². The van der Waals surface area contributed by atoms with Crippen LogP contribution in [-0.4, -0.2) is 18.1 Å². The van der Waals surface area contributed by atoms with Gasteiger partial charge in [-0.3, -0.25) is 0 Å². The Labute approximate surface area is 112 Å². The second kappa shape index (κ2) is 5.98. The molecule has 0 spiro atoms. The average molecular weight is 262 g/mol. The molecule has 1 aromatic heterocycles. The van der Waals surface area contributed by atoms with E-state index in [2.05, 4.69) is 21.7 Å². The maximum Gasteiger partial charge on any atom is 0.123 e. The first-order valence-corrected chi connectivity index (χ1v) is 6.93. The number of rotatable bonds is 5. The molecule has 0 unspecified atom stereocenters. The van der Waals surface area contributed by atoms with E-state index in [0.717, 1.165) is 28.6 Å². The first-order valence-electron chi connectivity index (χ1n) is 6.05. The van der Waals surface area contributed by atoms with Crippen LogP contribution < -0.4 is 10.1 Å². The van der Waals surface area contributed by atoms with Crippen molar-refractivity contribution in [1.29, 1.82) is 0 Å². The molecule has 2 rings (SSSR count). The molecule has 0 amide bonds. The van der Waals surface area contributed by atoms with Crippen molar-refractivity contribution in [3.05, 3.63) is 35.3 Å². The lowest BCUT2D eigenvalue weighted by Gasteiger charge is -2.10. The molecule has 0 bridgehead atoms. The monoisotopic (exact) mass is 262 g/mol. The fourth-order valence-electron chi connectivity index (χ4n) is 1.68. The van der Waals surface area contributed by atoms with Gasteiger partial charge in [-0.15, -0.1) is 11.3 Å². The number of nitrogens with one attached hydrogen (secondary N) is 1. The summed E-state index contributed by atoms with van der Waals surface area (Å²) in [6.45, 7) is 4.86. The van der Waals surface area contributed by atoms with E-state index < -0.39 is 0 Å². The molecule has 18 heavy (non-hydrogen) atoms. The van der Waals surface area contributed by atoms with Gasteiger partial charge in [0.2, 0.25) is 0 Å². The van der Waals surface area contributed by atoms with E-state index >= 15 is 0 Å². The average Bonchev–Trinajstić information content (AvgIpc) is 2.78. The van der Waals surface area contributed by atoms with Crippen LogP contribution >= 0.6 is 11.3 Å². The van der Waals surface area contributed by atoms with Crippen LogP contribution in [0.15, 0.2) is 29.6 Å². The molecule has 1 aromatic carbocycles. The highest BCUT2D eigenvalue weighted by Gasteiger charge is 2.06. The number of hydrogen-bond acceptors (Lipinski definition) is 4. The normalized spacial score (nSPS) is 10.9. The van der Waals surface area contributed by atoms with E-state index in [0.29, 0.717) is 0 Å². The third kappa shape index (κ3) is 3.31. The highest BCUT2D eigenvalue weighted by atomic mass is 32.1. The minimum atomic E-state index is 0.191. The van der Waals surface area contributed by atoms with E-state index in [1.807, 2.05) is 39.1 Å². The van der Waals surface area contributed by atoms with Gasteiger partial charge in [0.05, 0.1) is 11.8 Å². The van der Waals surface area contributed by atoms with Crippen LogP contribution in [0.25, 0.3) is 10.6 Å². The summed E-state index contributed by atoms with van der Waals surface area (Å²) in [5.41, 5.74) is 2.19. The van der Waals surface area contributed by atoms with Gasteiger partial charge in [0.1, 0.15) is 10.8 Å². The molecule has 0 atom stereocenters. The van der Waals surface area contributed by atoms with Gasteiger partial charge >= 0.3 is 0 Å². The largest absolute Gasteiger partial charge is 0.491 e. The maximum absolute atomic E-state index is 5.70. The molecule has 0 aliphatic rings. The van der Waals surface area contributed by atoms with Crippen molar-refractivity contribution in [2.75, 3.05) is 7.05 Å². The topological polar surface area (TPSA) is 34.1 Å². The van der Waals surface area contributed by atoms with E-state index in [4.69, 9.17) is 4.74 Å². The zero-order chi connectivity index (χ0) is 13.0. The van der Waals surface area contributed by atoms with Gasteiger partial charge in [-0.25, -0.2) is 4.98 Å². The lowest BCUT2D eigenvalue weighted by atomic mass is 10.2. The zero-order valence-corrected chi connectivity index (χ0v) is 11.8. The molecule has 3 nitrogen and oxygen atoms in total. The Morgan fingerprint density at radius 1 is 1.39 bits per heavy atom. The van der Waals surface area contributed by atoms with Crippen LogP contribution in [0.2, 0.25) is 0 Å². The summed E-state index contributed by atoms with van der Waals surface area (Å²) in [6.07, 6.45) is 0.191. The predicted octanol–water partition coefficient (Wildman–Crippen LogP) is 3.32. The van der Waals surface area contributed by atoms with E-state index in [1.165, 1.54) is 0 Å². The van der Waals surface area contributed by atoms with Crippen LogP contribution in [0.1, 0.15) is 19.5 Å². The van der Waals surface area contributed by atoms with E-state index in [1.54, 1.807) is 11.3 Å². The number of thiazole rings is 1. The van der Waals surface area contributed by atoms with Crippen LogP contribution in [0.4, 0.5) is 0 Å². The molecular formula is C14H18N2OS. The lowest BCUT2D eigenvalue weighted by molar-refractivity contribution is 0.242. The van der Waals surface area contributed by atoms with Crippen molar-refractivity contribution in [3.63, 3.8) is 0 Å². The Morgan fingerprint density at radius 2 is 2.22 bits per heavy atom. The Hall–Kier alpha value is -1.39. The van der Waals surface area contributed by atoms with Gasteiger partial charge < -0.3 is 10.1 Å². The number of hydrogen-bond donors (Lipinski definition) is 1.